The average molecular weight is 666 g/mol. The van der Waals surface area contributed by atoms with Crippen LogP contribution in [0.5, 0.6) is 0 Å². The van der Waals surface area contributed by atoms with Gasteiger partial charge in [-0.25, -0.2) is 12.4 Å². The fraction of sp³-hybridized carbons (Fsp3) is 0.0968. The van der Waals surface area contributed by atoms with Gasteiger partial charge in [-0.3, -0.25) is 0 Å². The highest BCUT2D eigenvalue weighted by Crippen LogP contribution is 2.57. The number of aromatic nitrogens is 1. The Labute approximate surface area is 264 Å². The highest BCUT2D eigenvalue weighted by atomic mass is 32.3. The fourth-order valence-electron chi connectivity index (χ4n) is 5.04. The van der Waals surface area contributed by atoms with E-state index in [0.717, 1.165) is 15.4 Å². The molecule has 0 fully saturated rings. The summed E-state index contributed by atoms with van der Waals surface area (Å²) in [5, 5.41) is 7.45. The van der Waals surface area contributed by atoms with Gasteiger partial charge in [0.15, 0.2) is 0 Å². The molecule has 5 aromatic rings. The number of rotatable bonds is 4. The second-order valence-electron chi connectivity index (χ2n) is 9.44. The minimum absolute atomic E-state index is 0.299. The molecule has 41 heavy (non-hydrogen) atoms. The zero-order chi connectivity index (χ0) is 28.3. The van der Waals surface area contributed by atoms with Gasteiger partial charge in [-0.2, -0.15) is 0 Å². The molecule has 0 atom stereocenters. The smallest absolute Gasteiger partial charge is 0.247 e. The molecule has 1 aromatic heterocycles. The molecular weight excluding hydrogens is 643 g/mol. The Balaban J connectivity index is 1.41. The van der Waals surface area contributed by atoms with Crippen molar-refractivity contribution in [3.8, 4) is 0 Å². The third-order valence-electron chi connectivity index (χ3n) is 6.98. The van der Waals surface area contributed by atoms with E-state index in [-0.39, 0.29) is 0 Å². The van der Waals surface area contributed by atoms with E-state index in [4.69, 9.17) is 0 Å². The standard InChI is InChI=1S/C31H23NO2S7/c1-18-12-14-19(15-13-18)41(33,34)32-16-24-25(17-32)38-28(37-24)26-20-8-4-6-10-22(20)27(23-11-7-5-9-21(23)26)29-39-30(35-2)31(36-3)40-29/h4-17H,1-3H3. The Morgan fingerprint density at radius 3 is 1.44 bits per heavy atom. The molecule has 10 heteroatoms. The Morgan fingerprint density at radius 2 is 1.02 bits per heavy atom. The second kappa shape index (κ2) is 11.0. The van der Waals surface area contributed by atoms with Crippen LogP contribution in [-0.4, -0.2) is 24.9 Å². The summed E-state index contributed by atoms with van der Waals surface area (Å²) >= 11 is 10.7. The molecule has 0 radical (unpaired) electrons. The molecule has 0 N–H and O–H groups in total. The lowest BCUT2D eigenvalue weighted by molar-refractivity contribution is 0.587. The number of aryl methyl sites for hydroxylation is 1. The van der Waals surface area contributed by atoms with E-state index in [1.165, 1.54) is 52.9 Å². The topological polar surface area (TPSA) is 39.1 Å². The summed E-state index contributed by atoms with van der Waals surface area (Å²) in [7, 11) is -3.65. The molecule has 206 valence electrons. The van der Waals surface area contributed by atoms with Gasteiger partial charge in [0.2, 0.25) is 0 Å². The van der Waals surface area contributed by atoms with Crippen molar-refractivity contribution in [3.05, 3.63) is 110 Å². The Morgan fingerprint density at radius 1 is 0.610 bits per heavy atom. The molecule has 0 saturated carbocycles. The molecule has 2 aliphatic heterocycles. The van der Waals surface area contributed by atoms with Crippen LogP contribution in [0.1, 0.15) is 5.56 Å². The van der Waals surface area contributed by atoms with Crippen molar-refractivity contribution in [2.75, 3.05) is 12.5 Å². The first-order valence-electron chi connectivity index (χ1n) is 12.6. The molecule has 2 aliphatic rings. The summed E-state index contributed by atoms with van der Waals surface area (Å²) in [5.41, 5.74) is 1.03. The molecule has 4 aromatic carbocycles. The van der Waals surface area contributed by atoms with Gasteiger partial charge in [0.25, 0.3) is 10.0 Å². The van der Waals surface area contributed by atoms with Crippen molar-refractivity contribution < 1.29 is 8.42 Å². The summed E-state index contributed by atoms with van der Waals surface area (Å²) in [4.78, 5) is 2.23. The van der Waals surface area contributed by atoms with Crippen LogP contribution < -0.4 is 10.4 Å². The quantitative estimate of drug-likeness (QED) is 0.177. The lowest BCUT2D eigenvalue weighted by Crippen LogP contribution is -2.16. The molecule has 3 heterocycles. The number of thioether (sulfide) groups is 6. The zero-order valence-corrected chi connectivity index (χ0v) is 27.9. The van der Waals surface area contributed by atoms with Crippen molar-refractivity contribution in [3.63, 3.8) is 0 Å². The zero-order valence-electron chi connectivity index (χ0n) is 22.2. The summed E-state index contributed by atoms with van der Waals surface area (Å²) in [5.74, 6) is 0. The van der Waals surface area contributed by atoms with E-state index >= 15 is 0 Å². The fourth-order valence-corrected chi connectivity index (χ4v) is 14.1. The minimum atomic E-state index is -3.65. The molecule has 0 aliphatic carbocycles. The largest absolute Gasteiger partial charge is 0.267 e. The molecule has 7 rings (SSSR count). The van der Waals surface area contributed by atoms with Crippen LogP contribution in [0, 0.1) is 6.92 Å². The van der Waals surface area contributed by atoms with Gasteiger partial charge in [-0.05, 0) is 53.1 Å². The second-order valence-corrected chi connectivity index (χ2v) is 18.1. The Kier molecular flexibility index (Phi) is 7.54. The first-order valence-corrected chi connectivity index (χ1v) is 19.8. The van der Waals surface area contributed by atoms with Crippen molar-refractivity contribution in [1.82, 2.24) is 3.97 Å². The van der Waals surface area contributed by atoms with Gasteiger partial charge in [-0.1, -0.05) is 113 Å². The summed E-state index contributed by atoms with van der Waals surface area (Å²) < 4.78 is 33.3. The number of nitrogens with zero attached hydrogens (tertiary/aromatic N) is 1. The lowest BCUT2D eigenvalue weighted by atomic mass is 9.99. The van der Waals surface area contributed by atoms with E-state index < -0.39 is 10.0 Å². The molecule has 0 saturated heterocycles. The summed E-state index contributed by atoms with van der Waals surface area (Å²) in [6.45, 7) is 1.95. The van der Waals surface area contributed by atoms with Gasteiger partial charge in [0.05, 0.1) is 21.8 Å². The summed E-state index contributed by atoms with van der Waals surface area (Å²) in [6, 6.07) is 24.4. The van der Waals surface area contributed by atoms with Crippen molar-refractivity contribution in [2.24, 2.45) is 0 Å². The normalized spacial score (nSPS) is 15.5. The van der Waals surface area contributed by atoms with Crippen molar-refractivity contribution in [1.29, 1.82) is 0 Å². The van der Waals surface area contributed by atoms with Gasteiger partial charge >= 0.3 is 0 Å². The van der Waals surface area contributed by atoms with Crippen LogP contribution in [-0.2, 0) is 10.0 Å². The molecule has 0 bridgehead atoms. The predicted octanol–water partition coefficient (Wildman–Crippen LogP) is 8.70. The van der Waals surface area contributed by atoms with Crippen molar-refractivity contribution >= 4 is 111 Å². The average Bonchev–Trinajstić information content (AvgIpc) is 3.69. The maximum Gasteiger partial charge on any atom is 0.267 e. The maximum absolute atomic E-state index is 13.3. The number of hydrogen-bond donors (Lipinski definition) is 0. The van der Waals surface area contributed by atoms with E-state index in [2.05, 4.69) is 61.0 Å². The SMILES string of the molecule is CSC1=C(SC)SC(=c2c3ccccc3c(=C3Sc4cn(S(=O)(=O)c5ccc(C)cc5)cc4S3)c3ccccc23)S1. The van der Waals surface area contributed by atoms with E-state index in [9.17, 15) is 8.42 Å². The molecule has 3 nitrogen and oxygen atoms in total. The Hall–Kier alpha value is -1.79. The number of fused-ring (bicyclic) bond motifs is 3. The third kappa shape index (κ3) is 4.80. The predicted molar refractivity (Wildman–Crippen MR) is 187 cm³/mol. The van der Waals surface area contributed by atoms with Gasteiger partial charge in [0, 0.05) is 32.6 Å². The first-order chi connectivity index (χ1) is 19.9. The van der Waals surface area contributed by atoms with Gasteiger partial charge < -0.3 is 0 Å². The third-order valence-corrected chi connectivity index (χ3v) is 16.3. The Bertz CT molecular complexity index is 2040. The molecule has 0 unspecified atom stereocenters. The van der Waals surface area contributed by atoms with E-state index in [1.54, 1.807) is 48.1 Å². The molecular formula is C31H23NO2S7. The molecule has 0 spiro atoms. The molecule has 0 amide bonds. The summed E-state index contributed by atoms with van der Waals surface area (Å²) in [6.07, 6.45) is 7.82. The van der Waals surface area contributed by atoms with E-state index in [0.29, 0.717) is 4.90 Å². The highest BCUT2D eigenvalue weighted by Gasteiger charge is 2.27. The van der Waals surface area contributed by atoms with Crippen molar-refractivity contribution in [2.45, 2.75) is 21.6 Å². The minimum Gasteiger partial charge on any atom is -0.247 e. The van der Waals surface area contributed by atoms with Gasteiger partial charge in [0.1, 0.15) is 0 Å². The lowest BCUT2D eigenvalue weighted by Gasteiger charge is -2.11. The number of benzene rings is 4. The van der Waals surface area contributed by atoms with Crippen LogP contribution in [0.3, 0.4) is 0 Å². The van der Waals surface area contributed by atoms with Crippen LogP contribution in [0.15, 0.2) is 108 Å². The van der Waals surface area contributed by atoms with Crippen LogP contribution >= 0.6 is 70.6 Å². The monoisotopic (exact) mass is 665 g/mol. The van der Waals surface area contributed by atoms with Crippen LogP contribution in [0.2, 0.25) is 0 Å². The highest BCUT2D eigenvalue weighted by molar-refractivity contribution is 8.45. The number of hydrogen-bond acceptors (Lipinski definition) is 8. The van der Waals surface area contributed by atoms with Gasteiger partial charge in [-0.15, -0.1) is 23.5 Å². The van der Waals surface area contributed by atoms with Crippen LogP contribution in [0.25, 0.3) is 30.0 Å². The van der Waals surface area contributed by atoms with E-state index in [1.807, 2.05) is 66.1 Å². The maximum atomic E-state index is 13.3. The first kappa shape index (κ1) is 28.0. The van der Waals surface area contributed by atoms with Crippen LogP contribution in [0.4, 0.5) is 0 Å².